The summed E-state index contributed by atoms with van der Waals surface area (Å²) in [5, 5.41) is 6.44. The smallest absolute Gasteiger partial charge is 0.220 e. The monoisotopic (exact) mass is 240 g/mol. The van der Waals surface area contributed by atoms with Gasteiger partial charge in [-0.1, -0.05) is 39.0 Å². The lowest BCUT2D eigenvalue weighted by Gasteiger charge is -2.23. The minimum Gasteiger partial charge on any atom is -0.352 e. The fraction of sp³-hybridized carbons (Fsp3) is 0.929. The van der Waals surface area contributed by atoms with E-state index in [9.17, 15) is 4.79 Å². The molecule has 2 N–H and O–H groups in total. The third kappa shape index (κ3) is 7.37. The van der Waals surface area contributed by atoms with Gasteiger partial charge in [0.1, 0.15) is 0 Å². The lowest BCUT2D eigenvalue weighted by molar-refractivity contribution is -0.122. The second kappa shape index (κ2) is 9.46. The average Bonchev–Trinajstić information content (AvgIpc) is 2.35. The first-order valence-electron chi connectivity index (χ1n) is 7.33. The summed E-state index contributed by atoms with van der Waals surface area (Å²) in [6.45, 7) is 4.28. The molecule has 100 valence electrons. The van der Waals surface area contributed by atoms with Crippen molar-refractivity contribution in [3.8, 4) is 0 Å². The number of rotatable bonds is 8. The fourth-order valence-corrected chi connectivity index (χ4v) is 2.34. The Morgan fingerprint density at radius 1 is 1.24 bits per heavy atom. The summed E-state index contributed by atoms with van der Waals surface area (Å²) in [6, 6.07) is 0.372. The average molecular weight is 240 g/mol. The third-order valence-electron chi connectivity index (χ3n) is 3.42. The molecule has 3 heteroatoms. The van der Waals surface area contributed by atoms with Crippen LogP contribution in [0, 0.1) is 0 Å². The van der Waals surface area contributed by atoms with Crippen molar-refractivity contribution in [1.82, 2.24) is 10.6 Å². The van der Waals surface area contributed by atoms with Crippen molar-refractivity contribution in [2.45, 2.75) is 70.8 Å². The molecule has 0 aromatic carbocycles. The number of hydrogen-bond acceptors (Lipinski definition) is 2. The lowest BCUT2D eigenvalue weighted by atomic mass is 10.1. The van der Waals surface area contributed by atoms with E-state index in [2.05, 4.69) is 17.6 Å². The van der Waals surface area contributed by atoms with Gasteiger partial charge in [0.05, 0.1) is 0 Å². The number of nitrogens with one attached hydrogen (secondary N) is 2. The molecule has 1 heterocycles. The molecule has 0 bridgehead atoms. The van der Waals surface area contributed by atoms with Crippen molar-refractivity contribution in [2.24, 2.45) is 0 Å². The van der Waals surface area contributed by atoms with Crippen LogP contribution in [0.1, 0.15) is 64.7 Å². The van der Waals surface area contributed by atoms with Crippen LogP contribution in [0.5, 0.6) is 0 Å². The van der Waals surface area contributed by atoms with E-state index in [1.807, 2.05) is 0 Å². The quantitative estimate of drug-likeness (QED) is 0.640. The second-order valence-corrected chi connectivity index (χ2v) is 5.13. The van der Waals surface area contributed by atoms with Crippen LogP contribution in [0.15, 0.2) is 0 Å². The molecule has 0 unspecified atom stereocenters. The van der Waals surface area contributed by atoms with Crippen molar-refractivity contribution < 1.29 is 4.79 Å². The molecular formula is C14H28N2O. The van der Waals surface area contributed by atoms with E-state index in [0.29, 0.717) is 12.5 Å². The van der Waals surface area contributed by atoms with Crippen LogP contribution in [0.4, 0.5) is 0 Å². The maximum Gasteiger partial charge on any atom is 0.220 e. The first kappa shape index (κ1) is 14.5. The molecule has 1 saturated heterocycles. The van der Waals surface area contributed by atoms with Gasteiger partial charge in [0.15, 0.2) is 0 Å². The molecule has 0 aromatic heterocycles. The van der Waals surface area contributed by atoms with Gasteiger partial charge in [-0.3, -0.25) is 4.79 Å². The molecule has 0 aromatic rings. The van der Waals surface area contributed by atoms with Crippen LogP contribution < -0.4 is 10.6 Å². The Labute approximate surface area is 106 Å². The van der Waals surface area contributed by atoms with Gasteiger partial charge in [0, 0.05) is 19.0 Å². The maximum absolute atomic E-state index is 11.7. The van der Waals surface area contributed by atoms with Gasteiger partial charge in [-0.2, -0.15) is 0 Å². The highest BCUT2D eigenvalue weighted by Gasteiger charge is 2.14. The zero-order chi connectivity index (χ0) is 12.3. The van der Waals surface area contributed by atoms with Gasteiger partial charge in [-0.05, 0) is 25.8 Å². The molecule has 3 nitrogen and oxygen atoms in total. The first-order chi connectivity index (χ1) is 8.33. The van der Waals surface area contributed by atoms with E-state index in [-0.39, 0.29) is 5.91 Å². The number of piperidine rings is 1. The highest BCUT2D eigenvalue weighted by atomic mass is 16.1. The lowest BCUT2D eigenvalue weighted by Crippen LogP contribution is -2.45. The predicted molar refractivity (Wildman–Crippen MR) is 72.0 cm³/mol. The molecular weight excluding hydrogens is 212 g/mol. The summed E-state index contributed by atoms with van der Waals surface area (Å²) in [4.78, 5) is 11.7. The molecule has 0 saturated carbocycles. The Morgan fingerprint density at radius 3 is 2.71 bits per heavy atom. The number of carbonyl (C=O) groups is 1. The number of amides is 1. The van der Waals surface area contributed by atoms with E-state index in [1.165, 1.54) is 38.5 Å². The SMILES string of the molecule is CCCCCCCCC(=O)N[C@@H]1CCCNC1. The molecule has 0 radical (unpaired) electrons. The molecule has 0 spiro atoms. The van der Waals surface area contributed by atoms with Gasteiger partial charge >= 0.3 is 0 Å². The van der Waals surface area contributed by atoms with Crippen molar-refractivity contribution in [3.63, 3.8) is 0 Å². The fourth-order valence-electron chi connectivity index (χ4n) is 2.34. The molecule has 0 aliphatic carbocycles. The van der Waals surface area contributed by atoms with E-state index < -0.39 is 0 Å². The second-order valence-electron chi connectivity index (χ2n) is 5.13. The number of carbonyl (C=O) groups excluding carboxylic acids is 1. The standard InChI is InChI=1S/C14H28N2O/c1-2-3-4-5-6-7-10-14(17)16-13-9-8-11-15-12-13/h13,15H,2-12H2,1H3,(H,16,17)/t13-/m1/s1. The number of unbranched alkanes of at least 4 members (excludes halogenated alkanes) is 5. The van der Waals surface area contributed by atoms with Crippen molar-refractivity contribution >= 4 is 5.91 Å². The topological polar surface area (TPSA) is 41.1 Å². The Balaban J connectivity index is 1.93. The Bertz CT molecular complexity index is 200. The largest absolute Gasteiger partial charge is 0.352 e. The van der Waals surface area contributed by atoms with E-state index in [4.69, 9.17) is 0 Å². The minimum atomic E-state index is 0.245. The maximum atomic E-state index is 11.7. The molecule has 1 rings (SSSR count). The molecule has 1 aliphatic rings. The summed E-state index contributed by atoms with van der Waals surface area (Å²) in [5.41, 5.74) is 0. The van der Waals surface area contributed by atoms with Crippen LogP contribution in [-0.4, -0.2) is 25.0 Å². The Hall–Kier alpha value is -0.570. The number of hydrogen-bond donors (Lipinski definition) is 2. The first-order valence-corrected chi connectivity index (χ1v) is 7.33. The van der Waals surface area contributed by atoms with Gasteiger partial charge in [0.25, 0.3) is 0 Å². The van der Waals surface area contributed by atoms with Gasteiger partial charge in [0.2, 0.25) is 5.91 Å². The van der Waals surface area contributed by atoms with Gasteiger partial charge in [-0.25, -0.2) is 0 Å². The van der Waals surface area contributed by atoms with E-state index in [1.54, 1.807) is 0 Å². The third-order valence-corrected chi connectivity index (χ3v) is 3.42. The van der Waals surface area contributed by atoms with Crippen LogP contribution in [0.3, 0.4) is 0 Å². The van der Waals surface area contributed by atoms with Crippen LogP contribution in [-0.2, 0) is 4.79 Å². The van der Waals surface area contributed by atoms with Gasteiger partial charge in [-0.15, -0.1) is 0 Å². The summed E-state index contributed by atoms with van der Waals surface area (Å²) >= 11 is 0. The summed E-state index contributed by atoms with van der Waals surface area (Å²) in [5.74, 6) is 0.245. The van der Waals surface area contributed by atoms with Crippen molar-refractivity contribution in [2.75, 3.05) is 13.1 Å². The predicted octanol–water partition coefficient (Wildman–Crippen LogP) is 2.61. The van der Waals surface area contributed by atoms with Crippen LogP contribution >= 0.6 is 0 Å². The van der Waals surface area contributed by atoms with Gasteiger partial charge < -0.3 is 10.6 Å². The summed E-state index contributed by atoms with van der Waals surface area (Å²) in [7, 11) is 0. The Morgan fingerprint density at radius 2 is 2.00 bits per heavy atom. The molecule has 1 aliphatic heterocycles. The summed E-state index contributed by atoms with van der Waals surface area (Å²) < 4.78 is 0. The van der Waals surface area contributed by atoms with Crippen molar-refractivity contribution in [3.05, 3.63) is 0 Å². The Kier molecular flexibility index (Phi) is 8.06. The zero-order valence-corrected chi connectivity index (χ0v) is 11.3. The molecule has 1 atom stereocenters. The van der Waals surface area contributed by atoms with Crippen LogP contribution in [0.2, 0.25) is 0 Å². The highest BCUT2D eigenvalue weighted by molar-refractivity contribution is 5.76. The van der Waals surface area contributed by atoms with E-state index >= 15 is 0 Å². The summed E-state index contributed by atoms with van der Waals surface area (Å²) in [6.07, 6.45) is 10.5. The van der Waals surface area contributed by atoms with E-state index in [0.717, 1.165) is 25.9 Å². The minimum absolute atomic E-state index is 0.245. The highest BCUT2D eigenvalue weighted by Crippen LogP contribution is 2.07. The molecule has 17 heavy (non-hydrogen) atoms. The normalized spacial score (nSPS) is 20.2. The molecule has 1 fully saturated rings. The van der Waals surface area contributed by atoms with Crippen LogP contribution in [0.25, 0.3) is 0 Å². The molecule has 1 amide bonds. The zero-order valence-electron chi connectivity index (χ0n) is 11.3. The van der Waals surface area contributed by atoms with Crippen molar-refractivity contribution in [1.29, 1.82) is 0 Å².